The van der Waals surface area contributed by atoms with Gasteiger partial charge in [0.25, 0.3) is 5.56 Å². The molecule has 1 fully saturated rings. The number of aromatic nitrogens is 2. The molecule has 1 aromatic rings. The highest BCUT2D eigenvalue weighted by Gasteiger charge is 2.26. The molecule has 106 valence electrons. The lowest BCUT2D eigenvalue weighted by atomic mass is 9.92. The van der Waals surface area contributed by atoms with Gasteiger partial charge in [-0.3, -0.25) is 4.79 Å². The summed E-state index contributed by atoms with van der Waals surface area (Å²) in [6.45, 7) is 4.00. The molecule has 2 atom stereocenters. The van der Waals surface area contributed by atoms with Crippen LogP contribution in [0.2, 0.25) is 0 Å². The van der Waals surface area contributed by atoms with Gasteiger partial charge in [-0.05, 0) is 26.3 Å². The van der Waals surface area contributed by atoms with E-state index in [1.165, 1.54) is 18.9 Å². The molecular weight excluding hydrogens is 242 g/mol. The lowest BCUT2D eigenvalue weighted by Crippen LogP contribution is -2.43. The van der Waals surface area contributed by atoms with Crippen LogP contribution < -0.4 is 15.6 Å². The Morgan fingerprint density at radius 2 is 2.16 bits per heavy atom. The lowest BCUT2D eigenvalue weighted by molar-refractivity contribution is 0.112. The van der Waals surface area contributed by atoms with Gasteiger partial charge in [0, 0.05) is 12.0 Å². The molecule has 1 heterocycles. The molecular formula is C14H23N3O2. The Labute approximate surface area is 113 Å². The molecule has 0 bridgehead atoms. The van der Waals surface area contributed by atoms with E-state index in [1.54, 1.807) is 0 Å². The van der Waals surface area contributed by atoms with Gasteiger partial charge in [0.2, 0.25) is 5.88 Å². The highest BCUT2D eigenvalue weighted by Crippen LogP contribution is 2.22. The standard InChI is InChI=1S/C14H23N3O2/c1-9(2)14-16-12(18)8-13(17-14)19-11-7-5-4-6-10(11)15-3/h8-11,15H,4-7H2,1-3H3,(H,16,17,18). The quantitative estimate of drug-likeness (QED) is 0.871. The SMILES string of the molecule is CNC1CCCCC1Oc1cc(=O)[nH]c(C(C)C)n1. The van der Waals surface area contributed by atoms with Crippen molar-refractivity contribution in [2.75, 3.05) is 7.05 Å². The van der Waals surface area contributed by atoms with E-state index in [1.807, 2.05) is 20.9 Å². The number of aromatic amines is 1. The van der Waals surface area contributed by atoms with Crippen LogP contribution in [0.4, 0.5) is 0 Å². The van der Waals surface area contributed by atoms with Crippen molar-refractivity contribution in [3.05, 3.63) is 22.2 Å². The maximum Gasteiger partial charge on any atom is 0.254 e. The molecule has 2 unspecified atom stereocenters. The Balaban J connectivity index is 2.15. The molecule has 1 aliphatic rings. The summed E-state index contributed by atoms with van der Waals surface area (Å²) in [6, 6.07) is 1.78. The average Bonchev–Trinajstić information content (AvgIpc) is 2.38. The molecule has 2 rings (SSSR count). The first-order chi connectivity index (χ1) is 9.10. The highest BCUT2D eigenvalue weighted by atomic mass is 16.5. The minimum absolute atomic E-state index is 0.105. The number of nitrogens with zero attached hydrogens (tertiary/aromatic N) is 1. The van der Waals surface area contributed by atoms with Crippen molar-refractivity contribution in [3.8, 4) is 5.88 Å². The van der Waals surface area contributed by atoms with Crippen LogP contribution >= 0.6 is 0 Å². The topological polar surface area (TPSA) is 67.0 Å². The largest absolute Gasteiger partial charge is 0.473 e. The molecule has 1 saturated carbocycles. The van der Waals surface area contributed by atoms with Crippen molar-refractivity contribution in [2.45, 2.75) is 57.6 Å². The Bertz CT molecular complexity index is 470. The van der Waals surface area contributed by atoms with Gasteiger partial charge in [0.1, 0.15) is 11.9 Å². The number of likely N-dealkylation sites (N-methyl/N-ethyl adjacent to an activating group) is 1. The number of rotatable bonds is 4. The van der Waals surface area contributed by atoms with Crippen molar-refractivity contribution in [3.63, 3.8) is 0 Å². The zero-order valence-corrected chi connectivity index (χ0v) is 11.9. The number of ether oxygens (including phenoxy) is 1. The van der Waals surface area contributed by atoms with Crippen LogP contribution in [0, 0.1) is 0 Å². The van der Waals surface area contributed by atoms with Crippen molar-refractivity contribution < 1.29 is 4.74 Å². The van der Waals surface area contributed by atoms with Gasteiger partial charge in [-0.2, -0.15) is 4.98 Å². The minimum atomic E-state index is -0.148. The highest BCUT2D eigenvalue weighted by molar-refractivity contribution is 5.11. The predicted molar refractivity (Wildman–Crippen MR) is 74.7 cm³/mol. The second-order valence-corrected chi connectivity index (χ2v) is 5.46. The third-order valence-electron chi connectivity index (χ3n) is 3.63. The van der Waals surface area contributed by atoms with Crippen molar-refractivity contribution >= 4 is 0 Å². The molecule has 0 aromatic carbocycles. The molecule has 1 aromatic heterocycles. The van der Waals surface area contributed by atoms with Crippen molar-refractivity contribution in [1.82, 2.24) is 15.3 Å². The van der Waals surface area contributed by atoms with Gasteiger partial charge in [-0.25, -0.2) is 0 Å². The Morgan fingerprint density at radius 3 is 2.84 bits per heavy atom. The van der Waals surface area contributed by atoms with Crippen LogP contribution in [0.3, 0.4) is 0 Å². The smallest absolute Gasteiger partial charge is 0.254 e. The third kappa shape index (κ3) is 3.56. The maximum absolute atomic E-state index is 11.6. The third-order valence-corrected chi connectivity index (χ3v) is 3.63. The second kappa shape index (κ2) is 6.19. The van der Waals surface area contributed by atoms with Gasteiger partial charge >= 0.3 is 0 Å². The van der Waals surface area contributed by atoms with Gasteiger partial charge in [0.15, 0.2) is 0 Å². The lowest BCUT2D eigenvalue weighted by Gasteiger charge is -2.31. The molecule has 1 aliphatic carbocycles. The zero-order valence-electron chi connectivity index (χ0n) is 11.9. The van der Waals surface area contributed by atoms with E-state index < -0.39 is 0 Å². The van der Waals surface area contributed by atoms with Crippen LogP contribution in [0.1, 0.15) is 51.3 Å². The Morgan fingerprint density at radius 1 is 1.42 bits per heavy atom. The fraction of sp³-hybridized carbons (Fsp3) is 0.714. The predicted octanol–water partition coefficient (Wildman–Crippen LogP) is 1.80. The fourth-order valence-electron chi connectivity index (χ4n) is 2.51. The molecule has 5 heteroatoms. The monoisotopic (exact) mass is 265 g/mol. The summed E-state index contributed by atoms with van der Waals surface area (Å²) in [5.74, 6) is 1.31. The fourth-order valence-corrected chi connectivity index (χ4v) is 2.51. The number of hydrogen-bond donors (Lipinski definition) is 2. The van der Waals surface area contributed by atoms with E-state index in [0.717, 1.165) is 12.8 Å². The summed E-state index contributed by atoms with van der Waals surface area (Å²) in [7, 11) is 1.96. The summed E-state index contributed by atoms with van der Waals surface area (Å²) in [4.78, 5) is 18.8. The number of hydrogen-bond acceptors (Lipinski definition) is 4. The molecule has 2 N–H and O–H groups in total. The Hall–Kier alpha value is -1.36. The average molecular weight is 265 g/mol. The first kappa shape index (κ1) is 14.1. The van der Waals surface area contributed by atoms with E-state index in [9.17, 15) is 4.79 Å². The first-order valence-electron chi connectivity index (χ1n) is 7.05. The summed E-state index contributed by atoms with van der Waals surface area (Å²) in [6.07, 6.45) is 4.63. The molecule has 0 amide bonds. The first-order valence-corrected chi connectivity index (χ1v) is 7.05. The molecule has 0 aliphatic heterocycles. The maximum atomic E-state index is 11.6. The van der Waals surface area contributed by atoms with Crippen LogP contribution in [0.5, 0.6) is 5.88 Å². The van der Waals surface area contributed by atoms with E-state index in [2.05, 4.69) is 15.3 Å². The van der Waals surface area contributed by atoms with Gasteiger partial charge in [-0.15, -0.1) is 0 Å². The van der Waals surface area contributed by atoms with Crippen LogP contribution in [-0.2, 0) is 0 Å². The van der Waals surface area contributed by atoms with E-state index in [0.29, 0.717) is 17.7 Å². The van der Waals surface area contributed by atoms with E-state index in [-0.39, 0.29) is 17.6 Å². The minimum Gasteiger partial charge on any atom is -0.473 e. The summed E-state index contributed by atoms with van der Waals surface area (Å²) >= 11 is 0. The van der Waals surface area contributed by atoms with Crippen molar-refractivity contribution in [1.29, 1.82) is 0 Å². The summed E-state index contributed by atoms with van der Waals surface area (Å²) in [5.41, 5.74) is -0.148. The van der Waals surface area contributed by atoms with Gasteiger partial charge in [0.05, 0.1) is 6.07 Å². The number of nitrogens with one attached hydrogen (secondary N) is 2. The van der Waals surface area contributed by atoms with E-state index in [4.69, 9.17) is 4.74 Å². The summed E-state index contributed by atoms with van der Waals surface area (Å²) in [5, 5.41) is 3.29. The van der Waals surface area contributed by atoms with Gasteiger partial charge in [-0.1, -0.05) is 20.3 Å². The van der Waals surface area contributed by atoms with Crippen molar-refractivity contribution in [2.24, 2.45) is 0 Å². The van der Waals surface area contributed by atoms with Crippen LogP contribution in [-0.4, -0.2) is 29.2 Å². The van der Waals surface area contributed by atoms with Crippen LogP contribution in [0.25, 0.3) is 0 Å². The Kier molecular flexibility index (Phi) is 4.58. The molecule has 19 heavy (non-hydrogen) atoms. The zero-order chi connectivity index (χ0) is 13.8. The normalized spacial score (nSPS) is 23.6. The second-order valence-electron chi connectivity index (χ2n) is 5.46. The summed E-state index contributed by atoms with van der Waals surface area (Å²) < 4.78 is 5.94. The number of H-pyrrole nitrogens is 1. The molecule has 0 saturated heterocycles. The molecule has 5 nitrogen and oxygen atoms in total. The van der Waals surface area contributed by atoms with Crippen LogP contribution in [0.15, 0.2) is 10.9 Å². The molecule has 0 spiro atoms. The molecule has 0 radical (unpaired) electrons. The van der Waals surface area contributed by atoms with E-state index >= 15 is 0 Å². The van der Waals surface area contributed by atoms with Gasteiger partial charge < -0.3 is 15.0 Å².